The van der Waals surface area contributed by atoms with Crippen molar-refractivity contribution in [2.45, 2.75) is 19.9 Å². The van der Waals surface area contributed by atoms with E-state index in [1.54, 1.807) is 25.3 Å². The van der Waals surface area contributed by atoms with Crippen LogP contribution in [0.5, 0.6) is 5.75 Å². The molecule has 1 aliphatic heterocycles. The molecule has 1 atom stereocenters. The number of carbonyl (C=O) groups is 2. The number of rotatable bonds is 4. The number of amides is 1. The molecule has 1 aromatic heterocycles. The standard InChI is InChI=1S/C27H22N2O4S/c1-15-9-11-19-21(13-15)34-27(28-19)29-23(17-7-5-4-6-8-17)22(25(31)26(29)32)24(30)18-10-12-20(33-3)16(2)14-18/h4-14,23,30H,1-3H3/b24-22+/t23-/m0/s1. The highest BCUT2D eigenvalue weighted by molar-refractivity contribution is 7.22. The number of thiazole rings is 1. The van der Waals surface area contributed by atoms with E-state index in [1.807, 2.05) is 62.4 Å². The number of fused-ring (bicyclic) bond motifs is 1. The Balaban J connectivity index is 1.71. The highest BCUT2D eigenvalue weighted by Gasteiger charge is 2.48. The fourth-order valence-electron chi connectivity index (χ4n) is 4.28. The normalized spacial score (nSPS) is 17.5. The monoisotopic (exact) mass is 470 g/mol. The zero-order valence-corrected chi connectivity index (χ0v) is 19.7. The van der Waals surface area contributed by atoms with Crippen LogP contribution in [0.2, 0.25) is 0 Å². The van der Waals surface area contributed by atoms with Gasteiger partial charge in [-0.15, -0.1) is 0 Å². The van der Waals surface area contributed by atoms with Crippen LogP contribution in [0.15, 0.2) is 72.3 Å². The summed E-state index contributed by atoms with van der Waals surface area (Å²) < 4.78 is 6.24. The quantitative estimate of drug-likeness (QED) is 0.240. The topological polar surface area (TPSA) is 79.7 Å². The molecular weight excluding hydrogens is 448 g/mol. The van der Waals surface area contributed by atoms with Gasteiger partial charge >= 0.3 is 5.91 Å². The van der Waals surface area contributed by atoms with Crippen LogP contribution in [-0.2, 0) is 9.59 Å². The number of aliphatic hydroxyl groups excluding tert-OH is 1. The van der Waals surface area contributed by atoms with Crippen LogP contribution in [0, 0.1) is 13.8 Å². The van der Waals surface area contributed by atoms with Crippen molar-refractivity contribution in [2.24, 2.45) is 0 Å². The third-order valence-electron chi connectivity index (χ3n) is 5.97. The van der Waals surface area contributed by atoms with Gasteiger partial charge in [0.05, 0.1) is 28.9 Å². The molecule has 1 saturated heterocycles. The predicted octanol–water partition coefficient (Wildman–Crippen LogP) is 5.55. The van der Waals surface area contributed by atoms with Gasteiger partial charge in [-0.2, -0.15) is 0 Å². The molecule has 0 saturated carbocycles. The minimum Gasteiger partial charge on any atom is -0.507 e. The number of anilines is 1. The minimum absolute atomic E-state index is 0.0382. The van der Waals surface area contributed by atoms with Gasteiger partial charge in [-0.3, -0.25) is 14.5 Å². The number of Topliss-reactive ketones (excluding diaryl/α,β-unsaturated/α-hetero) is 1. The van der Waals surface area contributed by atoms with E-state index < -0.39 is 17.7 Å². The lowest BCUT2D eigenvalue weighted by molar-refractivity contribution is -0.132. The lowest BCUT2D eigenvalue weighted by Gasteiger charge is -2.23. The molecule has 34 heavy (non-hydrogen) atoms. The number of ketones is 1. The number of benzene rings is 3. The Kier molecular flexibility index (Phi) is 5.42. The summed E-state index contributed by atoms with van der Waals surface area (Å²) in [6, 6.07) is 19.4. The number of nitrogens with zero attached hydrogens (tertiary/aromatic N) is 2. The summed E-state index contributed by atoms with van der Waals surface area (Å²) in [6.45, 7) is 3.85. The second-order valence-electron chi connectivity index (χ2n) is 8.23. The van der Waals surface area contributed by atoms with Crippen LogP contribution in [0.25, 0.3) is 16.0 Å². The molecule has 1 fully saturated rings. The molecule has 1 aliphatic rings. The van der Waals surface area contributed by atoms with Crippen LogP contribution in [0.4, 0.5) is 5.13 Å². The maximum atomic E-state index is 13.3. The summed E-state index contributed by atoms with van der Waals surface area (Å²) in [5, 5.41) is 11.7. The highest BCUT2D eigenvalue weighted by Crippen LogP contribution is 2.44. The maximum absolute atomic E-state index is 13.3. The van der Waals surface area contributed by atoms with E-state index in [-0.39, 0.29) is 11.3 Å². The van der Waals surface area contributed by atoms with Gasteiger partial charge in [-0.05, 0) is 60.9 Å². The van der Waals surface area contributed by atoms with E-state index in [9.17, 15) is 14.7 Å². The highest BCUT2D eigenvalue weighted by atomic mass is 32.1. The van der Waals surface area contributed by atoms with Crippen molar-refractivity contribution in [1.82, 2.24) is 4.98 Å². The Morgan fingerprint density at radius 3 is 2.50 bits per heavy atom. The molecule has 4 aromatic rings. The lowest BCUT2D eigenvalue weighted by Crippen LogP contribution is -2.29. The first kappa shape index (κ1) is 21.9. The molecule has 5 rings (SSSR count). The summed E-state index contributed by atoms with van der Waals surface area (Å²) >= 11 is 1.35. The molecule has 0 bridgehead atoms. The second-order valence-corrected chi connectivity index (χ2v) is 9.24. The Labute approximate surface area is 200 Å². The van der Waals surface area contributed by atoms with Crippen LogP contribution in [0.1, 0.15) is 28.3 Å². The summed E-state index contributed by atoms with van der Waals surface area (Å²) in [4.78, 5) is 32.7. The SMILES string of the molecule is COc1ccc(/C(O)=C2\C(=O)C(=O)N(c3nc4ccc(C)cc4s3)[C@H]2c2ccccc2)cc1C. The Morgan fingerprint density at radius 2 is 1.79 bits per heavy atom. The molecule has 0 unspecified atom stereocenters. The Hall–Kier alpha value is -3.97. The molecule has 0 radical (unpaired) electrons. The summed E-state index contributed by atoms with van der Waals surface area (Å²) in [7, 11) is 1.57. The molecule has 1 N–H and O–H groups in total. The molecule has 0 aliphatic carbocycles. The molecule has 0 spiro atoms. The average molecular weight is 471 g/mol. The number of aromatic nitrogens is 1. The van der Waals surface area contributed by atoms with Gasteiger partial charge in [0.2, 0.25) is 0 Å². The van der Waals surface area contributed by atoms with E-state index in [1.165, 1.54) is 16.2 Å². The molecule has 1 amide bonds. The van der Waals surface area contributed by atoms with E-state index in [4.69, 9.17) is 4.74 Å². The maximum Gasteiger partial charge on any atom is 0.301 e. The molecule has 6 nitrogen and oxygen atoms in total. The first-order chi connectivity index (χ1) is 16.4. The van der Waals surface area contributed by atoms with Crippen molar-refractivity contribution >= 4 is 44.1 Å². The summed E-state index contributed by atoms with van der Waals surface area (Å²) in [6.07, 6.45) is 0. The largest absolute Gasteiger partial charge is 0.507 e. The van der Waals surface area contributed by atoms with Crippen molar-refractivity contribution in [1.29, 1.82) is 0 Å². The lowest BCUT2D eigenvalue weighted by atomic mass is 9.95. The van der Waals surface area contributed by atoms with Crippen molar-refractivity contribution in [3.63, 3.8) is 0 Å². The van der Waals surface area contributed by atoms with Gasteiger partial charge in [0.15, 0.2) is 5.13 Å². The van der Waals surface area contributed by atoms with Crippen molar-refractivity contribution < 1.29 is 19.4 Å². The van der Waals surface area contributed by atoms with Crippen molar-refractivity contribution in [3.05, 3.63) is 94.6 Å². The van der Waals surface area contributed by atoms with Crippen LogP contribution in [0.3, 0.4) is 0 Å². The Bertz CT molecular complexity index is 1470. The smallest absolute Gasteiger partial charge is 0.301 e. The van der Waals surface area contributed by atoms with Gasteiger partial charge in [0, 0.05) is 5.56 Å². The van der Waals surface area contributed by atoms with Gasteiger partial charge in [0.1, 0.15) is 11.5 Å². The minimum atomic E-state index is -0.801. The van der Waals surface area contributed by atoms with Crippen LogP contribution < -0.4 is 9.64 Å². The first-order valence-corrected chi connectivity index (χ1v) is 11.6. The first-order valence-electron chi connectivity index (χ1n) is 10.8. The predicted molar refractivity (Wildman–Crippen MR) is 133 cm³/mol. The van der Waals surface area contributed by atoms with Crippen LogP contribution >= 0.6 is 11.3 Å². The van der Waals surface area contributed by atoms with Crippen LogP contribution in [-0.4, -0.2) is 28.9 Å². The third-order valence-corrected chi connectivity index (χ3v) is 6.98. The zero-order chi connectivity index (χ0) is 24.0. The van der Waals surface area contributed by atoms with Crippen molar-refractivity contribution in [2.75, 3.05) is 12.0 Å². The van der Waals surface area contributed by atoms with Gasteiger partial charge < -0.3 is 9.84 Å². The van der Waals surface area contributed by atoms with E-state index in [0.717, 1.165) is 21.3 Å². The Morgan fingerprint density at radius 1 is 1.03 bits per heavy atom. The fraction of sp³-hybridized carbons (Fsp3) is 0.148. The number of methoxy groups -OCH3 is 1. The van der Waals surface area contributed by atoms with E-state index in [2.05, 4.69) is 4.98 Å². The molecule has 3 aromatic carbocycles. The number of aliphatic hydroxyl groups is 1. The second kappa shape index (κ2) is 8.43. The number of aryl methyl sites for hydroxylation is 2. The summed E-state index contributed by atoms with van der Waals surface area (Å²) in [5.41, 5.74) is 3.83. The molecular formula is C27H22N2O4S. The van der Waals surface area contributed by atoms with Gasteiger partial charge in [-0.25, -0.2) is 4.98 Å². The zero-order valence-electron chi connectivity index (χ0n) is 18.9. The number of hydrogen-bond acceptors (Lipinski definition) is 6. The average Bonchev–Trinajstić information content (AvgIpc) is 3.37. The third kappa shape index (κ3) is 3.54. The van der Waals surface area contributed by atoms with Gasteiger partial charge in [0.25, 0.3) is 5.78 Å². The van der Waals surface area contributed by atoms with E-state index >= 15 is 0 Å². The number of hydrogen-bond donors (Lipinski definition) is 1. The van der Waals surface area contributed by atoms with E-state index in [0.29, 0.717) is 22.0 Å². The van der Waals surface area contributed by atoms with Gasteiger partial charge in [-0.1, -0.05) is 47.7 Å². The number of ether oxygens (including phenoxy) is 1. The fourth-order valence-corrected chi connectivity index (χ4v) is 5.37. The molecule has 2 heterocycles. The number of carbonyl (C=O) groups excluding carboxylic acids is 2. The molecule has 170 valence electrons. The molecule has 7 heteroatoms. The van der Waals surface area contributed by atoms with Crippen molar-refractivity contribution in [3.8, 4) is 5.75 Å². The summed E-state index contributed by atoms with van der Waals surface area (Å²) in [5.74, 6) is -1.01.